The van der Waals surface area contributed by atoms with Crippen LogP contribution in [0.5, 0.6) is 0 Å². The second kappa shape index (κ2) is 9.96. The fourth-order valence-corrected chi connectivity index (χ4v) is 6.58. The molecule has 1 aliphatic carbocycles. The number of likely N-dealkylation sites (N-methyl/N-ethyl adjacent to an activating group) is 1. The molecule has 1 aliphatic heterocycles. The third kappa shape index (κ3) is 4.13. The number of benzene rings is 2. The van der Waals surface area contributed by atoms with Gasteiger partial charge in [-0.2, -0.15) is 0 Å². The van der Waals surface area contributed by atoms with E-state index >= 15 is 0 Å². The molecule has 7 heteroatoms. The van der Waals surface area contributed by atoms with Crippen LogP contribution in [0.4, 0.5) is 0 Å². The first kappa shape index (κ1) is 24.9. The second-order valence-electron chi connectivity index (χ2n) is 9.84. The molecule has 5 rings (SSSR count). The number of carbonyl (C=O) groups is 2. The predicted molar refractivity (Wildman–Crippen MR) is 148 cm³/mol. The maximum Gasteiger partial charge on any atom is 0.249 e. The molecule has 36 heavy (non-hydrogen) atoms. The number of hydrogen-bond acceptors (Lipinski definition) is 4. The predicted octanol–water partition coefficient (Wildman–Crippen LogP) is 4.35. The van der Waals surface area contributed by atoms with Gasteiger partial charge in [-0.3, -0.25) is 19.1 Å². The molecule has 1 aromatic heterocycles. The minimum absolute atomic E-state index is 0.124. The van der Waals surface area contributed by atoms with Gasteiger partial charge >= 0.3 is 0 Å². The van der Waals surface area contributed by atoms with E-state index in [9.17, 15) is 9.59 Å². The minimum Gasteiger partial charge on any atom is -0.343 e. The van der Waals surface area contributed by atoms with Crippen LogP contribution in [-0.4, -0.2) is 64.9 Å². The molecule has 2 heterocycles. The smallest absolute Gasteiger partial charge is 0.249 e. The van der Waals surface area contributed by atoms with Gasteiger partial charge in [-0.1, -0.05) is 48.5 Å². The zero-order valence-corrected chi connectivity index (χ0v) is 22.7. The summed E-state index contributed by atoms with van der Waals surface area (Å²) in [5, 5.41) is 1.08. The Kier molecular flexibility index (Phi) is 6.90. The highest BCUT2D eigenvalue weighted by Gasteiger charge is 2.38. The van der Waals surface area contributed by atoms with Crippen molar-refractivity contribution < 1.29 is 9.59 Å². The molecule has 0 spiro atoms. The van der Waals surface area contributed by atoms with Gasteiger partial charge in [-0.05, 0) is 78.0 Å². The summed E-state index contributed by atoms with van der Waals surface area (Å²) >= 11 is 3.77. The van der Waals surface area contributed by atoms with E-state index in [1.165, 1.54) is 5.57 Å². The molecular formula is C29H33BrN4O2. The van der Waals surface area contributed by atoms with Crippen LogP contribution < -0.4 is 5.73 Å². The lowest BCUT2D eigenvalue weighted by Crippen LogP contribution is -2.47. The van der Waals surface area contributed by atoms with Crippen LogP contribution in [0.15, 0.2) is 59.2 Å². The van der Waals surface area contributed by atoms with Crippen LogP contribution in [0.3, 0.4) is 0 Å². The lowest BCUT2D eigenvalue weighted by atomic mass is 9.79. The summed E-state index contributed by atoms with van der Waals surface area (Å²) in [6, 6.07) is 15.5. The third-order valence-corrected chi connectivity index (χ3v) is 8.56. The van der Waals surface area contributed by atoms with E-state index in [4.69, 9.17) is 5.73 Å². The van der Waals surface area contributed by atoms with Crippen LogP contribution in [0.1, 0.15) is 35.3 Å². The van der Waals surface area contributed by atoms with E-state index in [-0.39, 0.29) is 23.8 Å². The van der Waals surface area contributed by atoms with Crippen molar-refractivity contribution in [1.29, 1.82) is 0 Å². The van der Waals surface area contributed by atoms with E-state index in [0.717, 1.165) is 38.6 Å². The van der Waals surface area contributed by atoms with Gasteiger partial charge in [0, 0.05) is 31.1 Å². The highest BCUT2D eigenvalue weighted by Crippen LogP contribution is 2.45. The Bertz CT molecular complexity index is 1340. The van der Waals surface area contributed by atoms with Crippen molar-refractivity contribution in [1.82, 2.24) is 14.4 Å². The summed E-state index contributed by atoms with van der Waals surface area (Å²) in [7, 11) is 2.09. The SMILES string of the molecule is CCN(CC)C(=O)[C@@H]1C=C2c3cccc4c3c(c(Br)n4C(=O)[C@@H](N)Cc3ccccc3)C[C@H]2N(C)C1. The Morgan fingerprint density at radius 2 is 1.83 bits per heavy atom. The van der Waals surface area contributed by atoms with Crippen LogP contribution in [0.2, 0.25) is 0 Å². The van der Waals surface area contributed by atoms with Crippen LogP contribution in [0, 0.1) is 5.92 Å². The van der Waals surface area contributed by atoms with Crippen molar-refractivity contribution in [2.45, 2.75) is 38.8 Å². The summed E-state index contributed by atoms with van der Waals surface area (Å²) in [5.41, 5.74) is 11.8. The number of nitrogens with two attached hydrogens (primary N) is 1. The molecule has 0 unspecified atom stereocenters. The Hall–Kier alpha value is -2.74. The molecule has 2 aliphatic rings. The number of halogens is 1. The molecule has 0 fully saturated rings. The lowest BCUT2D eigenvalue weighted by Gasteiger charge is -2.40. The minimum atomic E-state index is -0.656. The second-order valence-corrected chi connectivity index (χ2v) is 10.6. The third-order valence-electron chi connectivity index (χ3n) is 7.72. The summed E-state index contributed by atoms with van der Waals surface area (Å²) in [5.74, 6) is -0.123. The molecule has 0 radical (unpaired) electrons. The van der Waals surface area contributed by atoms with Gasteiger partial charge in [0.05, 0.1) is 22.1 Å². The average molecular weight is 550 g/mol. The summed E-state index contributed by atoms with van der Waals surface area (Å²) in [6.45, 7) is 6.16. The van der Waals surface area contributed by atoms with Gasteiger partial charge < -0.3 is 10.6 Å². The molecule has 1 amide bonds. The first-order valence-electron chi connectivity index (χ1n) is 12.7. The monoisotopic (exact) mass is 548 g/mol. The number of fused-ring (bicyclic) bond motifs is 2. The van der Waals surface area contributed by atoms with Gasteiger partial charge in [0.1, 0.15) is 0 Å². The van der Waals surface area contributed by atoms with E-state index in [2.05, 4.69) is 40.0 Å². The molecule has 6 nitrogen and oxygen atoms in total. The topological polar surface area (TPSA) is 71.6 Å². The zero-order chi connectivity index (χ0) is 25.6. The van der Waals surface area contributed by atoms with Crippen molar-refractivity contribution in [2.24, 2.45) is 11.7 Å². The molecule has 0 bridgehead atoms. The van der Waals surface area contributed by atoms with Crippen molar-refractivity contribution in [3.63, 3.8) is 0 Å². The number of carbonyl (C=O) groups excluding carboxylic acids is 2. The molecule has 2 N–H and O–H groups in total. The fraction of sp³-hybridized carbons (Fsp3) is 0.379. The molecule has 188 valence electrons. The fourth-order valence-electron chi connectivity index (χ4n) is 5.85. The van der Waals surface area contributed by atoms with Gasteiger partial charge in [0.15, 0.2) is 0 Å². The van der Waals surface area contributed by atoms with Crippen LogP contribution in [-0.2, 0) is 17.6 Å². The Labute approximate surface area is 220 Å². The van der Waals surface area contributed by atoms with Gasteiger partial charge in [0.25, 0.3) is 0 Å². The first-order chi connectivity index (χ1) is 17.3. The van der Waals surface area contributed by atoms with E-state index in [1.54, 1.807) is 4.57 Å². The largest absolute Gasteiger partial charge is 0.343 e. The first-order valence-corrected chi connectivity index (χ1v) is 13.5. The number of rotatable bonds is 6. The van der Waals surface area contributed by atoms with E-state index in [1.807, 2.05) is 61.2 Å². The molecule has 3 aromatic rings. The number of aromatic nitrogens is 1. The summed E-state index contributed by atoms with van der Waals surface area (Å²) < 4.78 is 2.53. The van der Waals surface area contributed by atoms with Crippen LogP contribution >= 0.6 is 15.9 Å². The van der Waals surface area contributed by atoms with Gasteiger partial charge in [-0.15, -0.1) is 0 Å². The van der Waals surface area contributed by atoms with Crippen molar-refractivity contribution >= 4 is 44.2 Å². The van der Waals surface area contributed by atoms with Crippen molar-refractivity contribution in [3.8, 4) is 0 Å². The van der Waals surface area contributed by atoms with E-state index in [0.29, 0.717) is 26.1 Å². The molecule has 0 saturated heterocycles. The maximum absolute atomic E-state index is 13.6. The Morgan fingerprint density at radius 1 is 1.11 bits per heavy atom. The molecular weight excluding hydrogens is 516 g/mol. The Morgan fingerprint density at radius 3 is 2.53 bits per heavy atom. The quantitative estimate of drug-likeness (QED) is 0.497. The summed E-state index contributed by atoms with van der Waals surface area (Å²) in [6.07, 6.45) is 3.43. The zero-order valence-electron chi connectivity index (χ0n) is 21.1. The lowest BCUT2D eigenvalue weighted by molar-refractivity contribution is -0.134. The molecule has 0 saturated carbocycles. The highest BCUT2D eigenvalue weighted by molar-refractivity contribution is 9.10. The van der Waals surface area contributed by atoms with E-state index < -0.39 is 6.04 Å². The number of nitrogens with zero attached hydrogens (tertiary/aromatic N) is 3. The standard InChI is InChI=1S/C29H33BrN4O2/c1-4-33(5-2)28(35)19-15-21-20-12-9-13-24-26(20)22(16-25(21)32(3)17-19)27(30)34(24)29(36)23(31)14-18-10-7-6-8-11-18/h6-13,15,19,23,25H,4-5,14,16-17,31H2,1-3H3/t19-,23+,25-/m1/s1. The van der Waals surface area contributed by atoms with Gasteiger partial charge in [0.2, 0.25) is 11.8 Å². The van der Waals surface area contributed by atoms with Gasteiger partial charge in [-0.25, -0.2) is 0 Å². The highest BCUT2D eigenvalue weighted by atomic mass is 79.9. The maximum atomic E-state index is 13.6. The normalized spacial score (nSPS) is 20.1. The van der Waals surface area contributed by atoms with Crippen molar-refractivity contribution in [3.05, 3.63) is 75.9 Å². The average Bonchev–Trinajstić information content (AvgIpc) is 3.17. The number of hydrogen-bond donors (Lipinski definition) is 1. The summed E-state index contributed by atoms with van der Waals surface area (Å²) in [4.78, 5) is 31.1. The van der Waals surface area contributed by atoms with Crippen LogP contribution in [0.25, 0.3) is 16.5 Å². The molecule has 2 aromatic carbocycles. The number of amides is 1. The van der Waals surface area contributed by atoms with Crippen molar-refractivity contribution in [2.75, 3.05) is 26.7 Å². The Balaban J connectivity index is 1.57. The molecule has 3 atom stereocenters.